The molecule has 0 aromatic heterocycles. The smallest absolute Gasteiger partial charge is 0.411 e. The first kappa shape index (κ1) is 28.4. The molecular weight excluding hydrogens is 486 g/mol. The summed E-state index contributed by atoms with van der Waals surface area (Å²) in [7, 11) is 0. The quantitative estimate of drug-likeness (QED) is 0.426. The molecule has 9 heteroatoms. The van der Waals surface area contributed by atoms with Crippen LogP contribution in [0, 0.1) is 6.92 Å². The number of aryl methyl sites for hydroxylation is 1. The van der Waals surface area contributed by atoms with Gasteiger partial charge in [-0.15, -0.1) is 6.58 Å². The molecule has 2 aromatic rings. The van der Waals surface area contributed by atoms with Gasteiger partial charge in [-0.3, -0.25) is 19.4 Å². The Hall–Kier alpha value is -4.14. The maximum atomic E-state index is 14.0. The molecule has 1 N–H and O–H groups in total. The van der Waals surface area contributed by atoms with Crippen molar-refractivity contribution in [2.24, 2.45) is 0 Å². The molecule has 1 aliphatic heterocycles. The van der Waals surface area contributed by atoms with Crippen molar-refractivity contribution in [1.29, 1.82) is 0 Å². The number of ether oxygens (including phenoxy) is 2. The summed E-state index contributed by atoms with van der Waals surface area (Å²) in [5.74, 6) is -1.12. The zero-order valence-electron chi connectivity index (χ0n) is 22.4. The molecule has 0 aliphatic carbocycles. The number of hydrogen-bond acceptors (Lipinski definition) is 6. The second kappa shape index (κ2) is 11.9. The second-order valence-corrected chi connectivity index (χ2v) is 10.2. The van der Waals surface area contributed by atoms with Gasteiger partial charge >= 0.3 is 12.2 Å². The van der Waals surface area contributed by atoms with Gasteiger partial charge in [-0.25, -0.2) is 9.59 Å². The summed E-state index contributed by atoms with van der Waals surface area (Å²) >= 11 is 0. The SMILES string of the molecule is C=CC[C@@]1(CNC(=O)OCc2ccccc2)C(=O)N(C(=O)c2ccc(C)cc2)CCN1C(=O)OC(C)(C)C. The normalized spacial score (nSPS) is 17.5. The Morgan fingerprint density at radius 1 is 1.05 bits per heavy atom. The fourth-order valence-corrected chi connectivity index (χ4v) is 4.18. The van der Waals surface area contributed by atoms with Gasteiger partial charge in [0, 0.05) is 18.7 Å². The van der Waals surface area contributed by atoms with Crippen molar-refractivity contribution >= 4 is 24.0 Å². The van der Waals surface area contributed by atoms with Crippen LogP contribution in [-0.2, 0) is 20.9 Å². The van der Waals surface area contributed by atoms with Crippen LogP contribution in [-0.4, -0.2) is 64.6 Å². The number of amides is 4. The number of nitrogens with one attached hydrogen (secondary N) is 1. The second-order valence-electron chi connectivity index (χ2n) is 10.2. The number of imide groups is 1. The van der Waals surface area contributed by atoms with Crippen LogP contribution in [0.15, 0.2) is 67.3 Å². The van der Waals surface area contributed by atoms with Crippen LogP contribution in [0.25, 0.3) is 0 Å². The average molecular weight is 522 g/mol. The standard InChI is InChI=1S/C29H35N3O6/c1-6-16-29(20-30-26(35)37-19-22-10-8-7-9-11-22)25(34)31(24(33)23-14-12-21(2)13-15-23)17-18-32(29)27(36)38-28(3,4)5/h6-15H,1,16-20H2,2-5H3,(H,30,35)/t29-/m1/s1. The summed E-state index contributed by atoms with van der Waals surface area (Å²) in [6.45, 7) is 10.5. The highest BCUT2D eigenvalue weighted by Gasteiger charge is 2.53. The first-order valence-corrected chi connectivity index (χ1v) is 12.5. The van der Waals surface area contributed by atoms with E-state index in [1.54, 1.807) is 45.0 Å². The van der Waals surface area contributed by atoms with Gasteiger partial charge in [-0.1, -0.05) is 54.1 Å². The highest BCUT2D eigenvalue weighted by Crippen LogP contribution is 2.30. The number of alkyl carbamates (subject to hydrolysis) is 1. The highest BCUT2D eigenvalue weighted by molar-refractivity contribution is 6.09. The summed E-state index contributed by atoms with van der Waals surface area (Å²) in [5.41, 5.74) is -0.354. The van der Waals surface area contributed by atoms with E-state index >= 15 is 0 Å². The highest BCUT2D eigenvalue weighted by atomic mass is 16.6. The molecule has 38 heavy (non-hydrogen) atoms. The molecule has 0 spiro atoms. The molecule has 9 nitrogen and oxygen atoms in total. The molecule has 1 saturated heterocycles. The fraction of sp³-hybridized carbons (Fsp3) is 0.379. The Bertz CT molecular complexity index is 1170. The van der Waals surface area contributed by atoms with E-state index in [1.165, 1.54) is 11.0 Å². The zero-order chi connectivity index (χ0) is 27.9. The van der Waals surface area contributed by atoms with Crippen molar-refractivity contribution in [3.05, 3.63) is 83.9 Å². The first-order chi connectivity index (χ1) is 18.0. The number of rotatable bonds is 7. The molecule has 1 heterocycles. The molecule has 3 rings (SSSR count). The molecule has 0 bridgehead atoms. The molecule has 1 fully saturated rings. The molecule has 2 aromatic carbocycles. The van der Waals surface area contributed by atoms with E-state index in [0.29, 0.717) is 5.56 Å². The van der Waals surface area contributed by atoms with Crippen molar-refractivity contribution in [2.75, 3.05) is 19.6 Å². The number of nitrogens with zero attached hydrogens (tertiary/aromatic N) is 2. The maximum absolute atomic E-state index is 14.0. The third kappa shape index (κ3) is 6.79. The van der Waals surface area contributed by atoms with Crippen LogP contribution in [0.3, 0.4) is 0 Å². The minimum Gasteiger partial charge on any atom is -0.445 e. The summed E-state index contributed by atoms with van der Waals surface area (Å²) in [4.78, 5) is 55.6. The van der Waals surface area contributed by atoms with Gasteiger partial charge in [-0.2, -0.15) is 0 Å². The van der Waals surface area contributed by atoms with Gasteiger partial charge in [0.1, 0.15) is 17.7 Å². The van der Waals surface area contributed by atoms with Crippen LogP contribution in [0.1, 0.15) is 48.7 Å². The lowest BCUT2D eigenvalue weighted by Gasteiger charge is -2.48. The number of benzene rings is 2. The predicted molar refractivity (Wildman–Crippen MR) is 142 cm³/mol. The number of piperazine rings is 1. The largest absolute Gasteiger partial charge is 0.445 e. The monoisotopic (exact) mass is 521 g/mol. The number of carbonyl (C=O) groups is 4. The molecule has 1 aliphatic rings. The molecular formula is C29H35N3O6. The summed E-state index contributed by atoms with van der Waals surface area (Å²) < 4.78 is 10.9. The van der Waals surface area contributed by atoms with E-state index in [1.807, 2.05) is 37.3 Å². The number of carbonyl (C=O) groups excluding carboxylic acids is 4. The van der Waals surface area contributed by atoms with E-state index < -0.39 is 35.1 Å². The third-order valence-corrected chi connectivity index (χ3v) is 6.08. The van der Waals surface area contributed by atoms with E-state index in [2.05, 4.69) is 11.9 Å². The van der Waals surface area contributed by atoms with Crippen molar-refractivity contribution in [2.45, 2.75) is 51.9 Å². The zero-order valence-corrected chi connectivity index (χ0v) is 22.4. The van der Waals surface area contributed by atoms with Crippen molar-refractivity contribution < 1.29 is 28.7 Å². The minimum absolute atomic E-state index is 0.0207. The predicted octanol–water partition coefficient (Wildman–Crippen LogP) is 4.46. The molecule has 0 radical (unpaired) electrons. The van der Waals surface area contributed by atoms with Crippen molar-refractivity contribution in [3.8, 4) is 0 Å². The fourth-order valence-electron chi connectivity index (χ4n) is 4.18. The van der Waals surface area contributed by atoms with Gasteiger partial charge in [0.15, 0.2) is 0 Å². The Morgan fingerprint density at radius 3 is 2.32 bits per heavy atom. The van der Waals surface area contributed by atoms with Crippen molar-refractivity contribution in [1.82, 2.24) is 15.1 Å². The van der Waals surface area contributed by atoms with Gasteiger partial charge in [-0.05, 0) is 51.8 Å². The van der Waals surface area contributed by atoms with Gasteiger partial charge < -0.3 is 14.8 Å². The average Bonchev–Trinajstić information content (AvgIpc) is 2.87. The van der Waals surface area contributed by atoms with Gasteiger partial charge in [0.2, 0.25) is 0 Å². The third-order valence-electron chi connectivity index (χ3n) is 6.08. The Labute approximate surface area is 223 Å². The van der Waals surface area contributed by atoms with Crippen LogP contribution in [0.2, 0.25) is 0 Å². The summed E-state index contributed by atoms with van der Waals surface area (Å²) in [5, 5.41) is 2.62. The van der Waals surface area contributed by atoms with Crippen LogP contribution >= 0.6 is 0 Å². The molecule has 202 valence electrons. The molecule has 0 saturated carbocycles. The van der Waals surface area contributed by atoms with Crippen LogP contribution < -0.4 is 5.32 Å². The lowest BCUT2D eigenvalue weighted by Crippen LogP contribution is -2.71. The minimum atomic E-state index is -1.64. The topological polar surface area (TPSA) is 105 Å². The first-order valence-electron chi connectivity index (χ1n) is 12.5. The maximum Gasteiger partial charge on any atom is 0.411 e. The lowest BCUT2D eigenvalue weighted by molar-refractivity contribution is -0.146. The lowest BCUT2D eigenvalue weighted by atomic mass is 9.88. The van der Waals surface area contributed by atoms with E-state index in [9.17, 15) is 19.2 Å². The summed E-state index contributed by atoms with van der Waals surface area (Å²) in [6, 6.07) is 16.0. The van der Waals surface area contributed by atoms with E-state index in [-0.39, 0.29) is 32.7 Å². The summed E-state index contributed by atoms with van der Waals surface area (Å²) in [6.07, 6.45) is -0.0424. The Balaban J connectivity index is 1.88. The van der Waals surface area contributed by atoms with E-state index in [4.69, 9.17) is 9.47 Å². The van der Waals surface area contributed by atoms with Crippen LogP contribution in [0.5, 0.6) is 0 Å². The number of hydrogen-bond donors (Lipinski definition) is 1. The van der Waals surface area contributed by atoms with Gasteiger partial charge in [0.25, 0.3) is 11.8 Å². The van der Waals surface area contributed by atoms with Crippen LogP contribution in [0.4, 0.5) is 9.59 Å². The Kier molecular flexibility index (Phi) is 8.93. The Morgan fingerprint density at radius 2 is 1.71 bits per heavy atom. The molecule has 1 atom stereocenters. The van der Waals surface area contributed by atoms with E-state index in [0.717, 1.165) is 16.0 Å². The molecule has 4 amide bonds. The molecule has 0 unspecified atom stereocenters. The van der Waals surface area contributed by atoms with Gasteiger partial charge in [0.05, 0.1) is 6.54 Å². The van der Waals surface area contributed by atoms with Crippen molar-refractivity contribution in [3.63, 3.8) is 0 Å².